The molecule has 0 bridgehead atoms. The number of hydrogen-bond acceptors (Lipinski definition) is 4. The summed E-state index contributed by atoms with van der Waals surface area (Å²) in [4.78, 5) is 22.9. The zero-order valence-electron chi connectivity index (χ0n) is 10.5. The third-order valence-corrected chi connectivity index (χ3v) is 2.52. The molecule has 1 aromatic carbocycles. The Morgan fingerprint density at radius 2 is 2.21 bits per heavy atom. The minimum absolute atomic E-state index is 0.0212. The summed E-state index contributed by atoms with van der Waals surface area (Å²) in [5.74, 6) is -1.61. The molecule has 0 atom stereocenters. The number of nitriles is 1. The van der Waals surface area contributed by atoms with Gasteiger partial charge in [0.05, 0.1) is 11.0 Å². The van der Waals surface area contributed by atoms with Gasteiger partial charge in [-0.1, -0.05) is 0 Å². The van der Waals surface area contributed by atoms with Gasteiger partial charge in [-0.05, 0) is 26.0 Å². The number of carbonyl (C=O) groups excluding carboxylic acids is 1. The number of nitrogens with zero attached hydrogens (tertiary/aromatic N) is 3. The third-order valence-electron chi connectivity index (χ3n) is 2.52. The molecule has 100 valence electrons. The summed E-state index contributed by atoms with van der Waals surface area (Å²) in [5, 5.41) is 19.1. The van der Waals surface area contributed by atoms with Crippen LogP contribution in [0.25, 0.3) is 0 Å². The summed E-state index contributed by atoms with van der Waals surface area (Å²) in [6.07, 6.45) is 0. The molecular weight excluding hydrogens is 253 g/mol. The Morgan fingerprint density at radius 3 is 2.63 bits per heavy atom. The Kier molecular flexibility index (Phi) is 4.53. The van der Waals surface area contributed by atoms with Crippen LogP contribution in [0.5, 0.6) is 0 Å². The fourth-order valence-corrected chi connectivity index (χ4v) is 1.52. The van der Waals surface area contributed by atoms with Crippen molar-refractivity contribution >= 4 is 11.6 Å². The highest BCUT2D eigenvalue weighted by Gasteiger charge is 2.22. The minimum atomic E-state index is -1.07. The molecule has 0 heterocycles. The second-order valence-electron chi connectivity index (χ2n) is 4.11. The van der Waals surface area contributed by atoms with E-state index in [4.69, 9.17) is 5.26 Å². The van der Waals surface area contributed by atoms with E-state index in [9.17, 15) is 19.3 Å². The molecule has 0 unspecified atom stereocenters. The lowest BCUT2D eigenvalue weighted by atomic mass is 10.1. The maximum absolute atomic E-state index is 13.4. The molecule has 0 saturated heterocycles. The topological polar surface area (TPSA) is 87.2 Å². The molecule has 0 radical (unpaired) electrons. The smallest absolute Gasteiger partial charge is 0.304 e. The lowest BCUT2D eigenvalue weighted by molar-refractivity contribution is -0.387. The normalized spacial score (nSPS) is 10.1. The van der Waals surface area contributed by atoms with Crippen molar-refractivity contribution in [3.63, 3.8) is 0 Å². The lowest BCUT2D eigenvalue weighted by Gasteiger charge is -2.23. The maximum atomic E-state index is 13.4. The van der Waals surface area contributed by atoms with Gasteiger partial charge in [0.15, 0.2) is 0 Å². The highest BCUT2D eigenvalue weighted by atomic mass is 19.1. The molecule has 0 aliphatic rings. The van der Waals surface area contributed by atoms with Crippen LogP contribution >= 0.6 is 0 Å². The van der Waals surface area contributed by atoms with E-state index in [-0.39, 0.29) is 18.2 Å². The average Bonchev–Trinajstić information content (AvgIpc) is 2.34. The van der Waals surface area contributed by atoms with Crippen molar-refractivity contribution < 1.29 is 14.1 Å². The van der Waals surface area contributed by atoms with Crippen molar-refractivity contribution in [1.29, 1.82) is 5.26 Å². The van der Waals surface area contributed by atoms with E-state index in [1.807, 2.05) is 6.07 Å². The van der Waals surface area contributed by atoms with Crippen LogP contribution < -0.4 is 0 Å². The first-order chi connectivity index (χ1) is 8.88. The largest absolute Gasteiger partial charge is 0.323 e. The van der Waals surface area contributed by atoms with E-state index < -0.39 is 22.3 Å². The van der Waals surface area contributed by atoms with Crippen LogP contribution in [0.3, 0.4) is 0 Å². The molecule has 0 aliphatic carbocycles. The molecule has 0 spiro atoms. The van der Waals surface area contributed by atoms with Gasteiger partial charge in [0.1, 0.15) is 6.54 Å². The first kappa shape index (κ1) is 14.6. The van der Waals surface area contributed by atoms with Gasteiger partial charge < -0.3 is 4.90 Å². The Morgan fingerprint density at radius 1 is 1.58 bits per heavy atom. The molecule has 0 aliphatic heterocycles. The van der Waals surface area contributed by atoms with Gasteiger partial charge in [0, 0.05) is 17.7 Å². The Labute approximate surface area is 109 Å². The number of nitro groups is 1. The Hall–Kier alpha value is -2.49. The Bertz CT molecular complexity index is 552. The number of nitro benzene ring substituents is 1. The molecule has 1 rings (SSSR count). The second-order valence-corrected chi connectivity index (χ2v) is 4.11. The van der Waals surface area contributed by atoms with Crippen molar-refractivity contribution in [3.05, 3.63) is 39.7 Å². The van der Waals surface area contributed by atoms with Gasteiger partial charge in [-0.25, -0.2) is 0 Å². The fourth-order valence-electron chi connectivity index (χ4n) is 1.52. The quantitative estimate of drug-likeness (QED) is 0.474. The van der Waals surface area contributed by atoms with Crippen LogP contribution in [-0.2, 0) is 0 Å². The number of rotatable bonds is 4. The van der Waals surface area contributed by atoms with Gasteiger partial charge in [-0.2, -0.15) is 9.65 Å². The van der Waals surface area contributed by atoms with Crippen LogP contribution in [0.4, 0.5) is 10.1 Å². The van der Waals surface area contributed by atoms with Crippen molar-refractivity contribution in [2.45, 2.75) is 19.9 Å². The highest BCUT2D eigenvalue weighted by Crippen LogP contribution is 2.19. The van der Waals surface area contributed by atoms with E-state index >= 15 is 0 Å². The highest BCUT2D eigenvalue weighted by molar-refractivity contribution is 5.94. The van der Waals surface area contributed by atoms with Gasteiger partial charge >= 0.3 is 5.69 Å². The minimum Gasteiger partial charge on any atom is -0.323 e. The molecular formula is C12H12FN3O3. The van der Waals surface area contributed by atoms with E-state index in [0.29, 0.717) is 0 Å². The van der Waals surface area contributed by atoms with E-state index in [1.165, 1.54) is 11.0 Å². The molecule has 19 heavy (non-hydrogen) atoms. The van der Waals surface area contributed by atoms with Crippen LogP contribution in [0.2, 0.25) is 0 Å². The molecule has 0 fully saturated rings. The molecule has 0 N–H and O–H groups in total. The number of amides is 1. The summed E-state index contributed by atoms with van der Waals surface area (Å²) in [6, 6.07) is 4.54. The van der Waals surface area contributed by atoms with E-state index in [0.717, 1.165) is 12.1 Å². The lowest BCUT2D eigenvalue weighted by Crippen LogP contribution is -2.37. The van der Waals surface area contributed by atoms with Crippen molar-refractivity contribution in [2.24, 2.45) is 0 Å². The monoisotopic (exact) mass is 265 g/mol. The van der Waals surface area contributed by atoms with Gasteiger partial charge in [-0.15, -0.1) is 0 Å². The summed E-state index contributed by atoms with van der Waals surface area (Å²) in [5.41, 5.74) is -0.708. The molecule has 1 amide bonds. The zero-order chi connectivity index (χ0) is 14.6. The fraction of sp³-hybridized carbons (Fsp3) is 0.333. The van der Waals surface area contributed by atoms with Crippen LogP contribution in [0, 0.1) is 27.3 Å². The van der Waals surface area contributed by atoms with Gasteiger partial charge in [0.25, 0.3) is 5.91 Å². The average molecular weight is 265 g/mol. The summed E-state index contributed by atoms with van der Waals surface area (Å²) < 4.78 is 13.4. The molecule has 6 nitrogen and oxygen atoms in total. The second kappa shape index (κ2) is 5.91. The number of benzene rings is 1. The number of hydrogen-bond donors (Lipinski definition) is 0. The molecule has 0 aromatic heterocycles. The molecule has 0 saturated carbocycles. The summed E-state index contributed by atoms with van der Waals surface area (Å²) >= 11 is 0. The van der Waals surface area contributed by atoms with Gasteiger partial charge in [0.2, 0.25) is 5.82 Å². The number of carbonyl (C=O) groups is 1. The SMILES string of the molecule is CC(C)N(CC#N)C(=O)c1ccc([N+](=O)[O-])c(F)c1. The van der Waals surface area contributed by atoms with Crippen LogP contribution in [0.1, 0.15) is 24.2 Å². The van der Waals surface area contributed by atoms with Crippen LogP contribution in [0.15, 0.2) is 18.2 Å². The van der Waals surface area contributed by atoms with E-state index in [2.05, 4.69) is 0 Å². The predicted octanol–water partition coefficient (Wildman–Crippen LogP) is 2.11. The maximum Gasteiger partial charge on any atom is 0.304 e. The Balaban J connectivity index is 3.10. The summed E-state index contributed by atoms with van der Waals surface area (Å²) in [6.45, 7) is 3.31. The zero-order valence-corrected chi connectivity index (χ0v) is 10.5. The van der Waals surface area contributed by atoms with Crippen LogP contribution in [-0.4, -0.2) is 28.3 Å². The van der Waals surface area contributed by atoms with Crippen molar-refractivity contribution in [1.82, 2.24) is 4.90 Å². The van der Waals surface area contributed by atoms with Crippen molar-refractivity contribution in [3.8, 4) is 6.07 Å². The first-order valence-corrected chi connectivity index (χ1v) is 5.50. The third kappa shape index (κ3) is 3.25. The molecule has 1 aromatic rings. The molecule has 7 heteroatoms. The van der Waals surface area contributed by atoms with Crippen molar-refractivity contribution in [2.75, 3.05) is 6.54 Å². The van der Waals surface area contributed by atoms with E-state index in [1.54, 1.807) is 13.8 Å². The first-order valence-electron chi connectivity index (χ1n) is 5.50. The predicted molar refractivity (Wildman–Crippen MR) is 64.8 cm³/mol. The van der Waals surface area contributed by atoms with Gasteiger partial charge in [-0.3, -0.25) is 14.9 Å². The summed E-state index contributed by atoms with van der Waals surface area (Å²) in [7, 11) is 0. The standard InChI is InChI=1S/C12H12FN3O3/c1-8(2)15(6-5-14)12(17)9-3-4-11(16(18)19)10(13)7-9/h3-4,7-8H,6H2,1-2H3. The number of halogens is 1.